The summed E-state index contributed by atoms with van der Waals surface area (Å²) >= 11 is 0. The van der Waals surface area contributed by atoms with Crippen molar-refractivity contribution < 1.29 is 4.42 Å². The van der Waals surface area contributed by atoms with Crippen LogP contribution in [-0.4, -0.2) is 12.6 Å². The highest BCUT2D eigenvalue weighted by Gasteiger charge is 2.31. The zero-order valence-electron chi connectivity index (χ0n) is 12.7. The van der Waals surface area contributed by atoms with Gasteiger partial charge in [-0.15, -0.1) is 0 Å². The van der Waals surface area contributed by atoms with Gasteiger partial charge in [-0.3, -0.25) is 0 Å². The number of hydrogen-bond acceptors (Lipinski definition) is 2. The van der Waals surface area contributed by atoms with E-state index in [1.807, 2.05) is 6.07 Å². The van der Waals surface area contributed by atoms with E-state index in [2.05, 4.69) is 62.5 Å². The van der Waals surface area contributed by atoms with E-state index in [1.165, 1.54) is 5.56 Å². The predicted octanol–water partition coefficient (Wildman–Crippen LogP) is 4.17. The minimum absolute atomic E-state index is 0.0867. The molecule has 1 aromatic carbocycles. The molecule has 0 saturated heterocycles. The molecular weight excluding hydrogens is 246 g/mol. The molecule has 1 unspecified atom stereocenters. The van der Waals surface area contributed by atoms with Gasteiger partial charge in [0.05, 0.1) is 6.26 Å². The van der Waals surface area contributed by atoms with Gasteiger partial charge in [-0.05, 0) is 24.1 Å². The molecule has 20 heavy (non-hydrogen) atoms. The Morgan fingerprint density at radius 3 is 2.40 bits per heavy atom. The number of rotatable bonds is 7. The minimum atomic E-state index is 0.0867. The summed E-state index contributed by atoms with van der Waals surface area (Å²) in [5.74, 6) is 1.06. The third kappa shape index (κ3) is 3.51. The zero-order chi connectivity index (χ0) is 14.4. The summed E-state index contributed by atoms with van der Waals surface area (Å²) < 4.78 is 5.59. The first-order valence-corrected chi connectivity index (χ1v) is 7.47. The maximum Gasteiger partial charge on any atom is 0.104 e. The van der Waals surface area contributed by atoms with Gasteiger partial charge in [0, 0.05) is 24.4 Å². The van der Waals surface area contributed by atoms with Gasteiger partial charge in [-0.25, -0.2) is 0 Å². The lowest BCUT2D eigenvalue weighted by molar-refractivity contribution is 0.336. The molecule has 0 bridgehead atoms. The number of furan rings is 1. The maximum atomic E-state index is 5.59. The molecule has 0 aliphatic carbocycles. The molecule has 0 spiro atoms. The average Bonchev–Trinajstić information content (AvgIpc) is 2.97. The van der Waals surface area contributed by atoms with Crippen molar-refractivity contribution in [2.75, 3.05) is 6.54 Å². The van der Waals surface area contributed by atoms with E-state index in [4.69, 9.17) is 4.42 Å². The highest BCUT2D eigenvalue weighted by Crippen LogP contribution is 2.32. The fourth-order valence-corrected chi connectivity index (χ4v) is 2.66. The van der Waals surface area contributed by atoms with E-state index in [1.54, 1.807) is 6.26 Å². The van der Waals surface area contributed by atoms with Crippen LogP contribution in [0.1, 0.15) is 38.5 Å². The van der Waals surface area contributed by atoms with Crippen molar-refractivity contribution in [2.45, 2.75) is 45.1 Å². The van der Waals surface area contributed by atoms with Crippen molar-refractivity contribution >= 4 is 0 Å². The zero-order valence-corrected chi connectivity index (χ0v) is 12.7. The molecule has 1 atom stereocenters. The van der Waals surface area contributed by atoms with Crippen molar-refractivity contribution in [3.05, 3.63) is 60.1 Å². The number of hydrogen-bond donors (Lipinski definition) is 1. The second-order valence-corrected chi connectivity index (χ2v) is 5.79. The highest BCUT2D eigenvalue weighted by atomic mass is 16.3. The fraction of sp³-hybridized carbons (Fsp3) is 0.444. The van der Waals surface area contributed by atoms with Crippen molar-refractivity contribution in [2.24, 2.45) is 0 Å². The van der Waals surface area contributed by atoms with E-state index in [0.717, 1.165) is 25.1 Å². The molecule has 1 N–H and O–H groups in total. The second kappa shape index (κ2) is 6.76. The first kappa shape index (κ1) is 14.9. The lowest BCUT2D eigenvalue weighted by Crippen LogP contribution is -2.42. The Hall–Kier alpha value is -1.54. The van der Waals surface area contributed by atoms with Gasteiger partial charge in [-0.1, -0.05) is 51.1 Å². The Bertz CT molecular complexity index is 489. The first-order chi connectivity index (χ1) is 9.66. The van der Waals surface area contributed by atoms with Gasteiger partial charge < -0.3 is 9.73 Å². The lowest BCUT2D eigenvalue weighted by atomic mass is 9.74. The number of nitrogens with one attached hydrogen (secondary N) is 1. The van der Waals surface area contributed by atoms with Crippen molar-refractivity contribution in [1.82, 2.24) is 5.32 Å². The lowest BCUT2D eigenvalue weighted by Gasteiger charge is -2.34. The van der Waals surface area contributed by atoms with Gasteiger partial charge in [0.1, 0.15) is 5.76 Å². The molecule has 0 fully saturated rings. The van der Waals surface area contributed by atoms with Crippen molar-refractivity contribution in [3.63, 3.8) is 0 Å². The average molecular weight is 271 g/mol. The Morgan fingerprint density at radius 2 is 1.85 bits per heavy atom. The third-order valence-electron chi connectivity index (χ3n) is 4.00. The van der Waals surface area contributed by atoms with E-state index >= 15 is 0 Å². The summed E-state index contributed by atoms with van der Waals surface area (Å²) in [4.78, 5) is 0. The summed E-state index contributed by atoms with van der Waals surface area (Å²) in [7, 11) is 0. The Labute approximate surface area is 122 Å². The van der Waals surface area contributed by atoms with Crippen LogP contribution in [0.4, 0.5) is 0 Å². The molecule has 1 heterocycles. The minimum Gasteiger partial charge on any atom is -0.469 e. The molecule has 0 amide bonds. The van der Waals surface area contributed by atoms with Crippen LogP contribution in [0.25, 0.3) is 0 Å². The molecular formula is C18H25NO. The predicted molar refractivity (Wildman–Crippen MR) is 84.0 cm³/mol. The molecule has 0 radical (unpaired) electrons. The molecule has 0 aliphatic rings. The first-order valence-electron chi connectivity index (χ1n) is 7.47. The van der Waals surface area contributed by atoms with Gasteiger partial charge >= 0.3 is 0 Å². The number of benzene rings is 1. The normalized spacial score (nSPS) is 14.4. The molecule has 2 rings (SSSR count). The Kier molecular flexibility index (Phi) is 5.02. The molecule has 2 heteroatoms. The van der Waals surface area contributed by atoms with Crippen LogP contribution >= 0.6 is 0 Å². The largest absolute Gasteiger partial charge is 0.469 e. The summed E-state index contributed by atoms with van der Waals surface area (Å²) in [6.07, 6.45) is 3.77. The third-order valence-corrected chi connectivity index (χ3v) is 4.00. The summed E-state index contributed by atoms with van der Waals surface area (Å²) in [6, 6.07) is 15.3. The second-order valence-electron chi connectivity index (χ2n) is 5.79. The fourth-order valence-electron chi connectivity index (χ4n) is 2.66. The standard InChI is InChI=1S/C18H25NO/c1-4-18(14-19-15(2)3,13-17-11-8-12-20-17)16-9-6-5-7-10-16/h5-12,15,19H,4,13-14H2,1-3H3. The van der Waals surface area contributed by atoms with Crippen LogP contribution in [0.2, 0.25) is 0 Å². The molecule has 108 valence electrons. The van der Waals surface area contributed by atoms with Crippen LogP contribution in [-0.2, 0) is 11.8 Å². The van der Waals surface area contributed by atoms with E-state index in [-0.39, 0.29) is 5.41 Å². The van der Waals surface area contributed by atoms with E-state index in [0.29, 0.717) is 6.04 Å². The molecule has 2 aromatic rings. The Balaban J connectivity index is 2.29. The highest BCUT2D eigenvalue weighted by molar-refractivity contribution is 5.28. The molecule has 0 saturated carbocycles. The van der Waals surface area contributed by atoms with Gasteiger partial charge in [0.25, 0.3) is 0 Å². The topological polar surface area (TPSA) is 25.2 Å². The van der Waals surface area contributed by atoms with Crippen LogP contribution in [0.5, 0.6) is 0 Å². The summed E-state index contributed by atoms with van der Waals surface area (Å²) in [5.41, 5.74) is 1.47. The van der Waals surface area contributed by atoms with Gasteiger partial charge in [0.15, 0.2) is 0 Å². The van der Waals surface area contributed by atoms with E-state index in [9.17, 15) is 0 Å². The van der Waals surface area contributed by atoms with Gasteiger partial charge in [0.2, 0.25) is 0 Å². The molecule has 1 aromatic heterocycles. The van der Waals surface area contributed by atoms with Crippen LogP contribution in [0, 0.1) is 0 Å². The van der Waals surface area contributed by atoms with Crippen LogP contribution in [0.3, 0.4) is 0 Å². The van der Waals surface area contributed by atoms with E-state index < -0.39 is 0 Å². The van der Waals surface area contributed by atoms with Gasteiger partial charge in [-0.2, -0.15) is 0 Å². The van der Waals surface area contributed by atoms with Crippen LogP contribution in [0.15, 0.2) is 53.1 Å². The quantitative estimate of drug-likeness (QED) is 0.817. The van der Waals surface area contributed by atoms with Crippen molar-refractivity contribution in [3.8, 4) is 0 Å². The van der Waals surface area contributed by atoms with Crippen molar-refractivity contribution in [1.29, 1.82) is 0 Å². The maximum absolute atomic E-state index is 5.59. The summed E-state index contributed by atoms with van der Waals surface area (Å²) in [6.45, 7) is 7.61. The summed E-state index contributed by atoms with van der Waals surface area (Å²) in [5, 5.41) is 3.61. The smallest absolute Gasteiger partial charge is 0.104 e. The SMILES string of the molecule is CCC(CNC(C)C)(Cc1ccco1)c1ccccc1. The molecule has 0 aliphatic heterocycles. The van der Waals surface area contributed by atoms with Crippen LogP contribution < -0.4 is 5.32 Å². The molecule has 2 nitrogen and oxygen atoms in total. The Morgan fingerprint density at radius 1 is 1.10 bits per heavy atom. The monoisotopic (exact) mass is 271 g/mol.